The zero-order valence-electron chi connectivity index (χ0n) is 11.6. The fourth-order valence-corrected chi connectivity index (χ4v) is 2.63. The normalized spacial score (nSPS) is 10.9. The molecule has 110 valence electrons. The number of thiocarbonyl (C=S) groups is 1. The fraction of sp³-hybridized carbons (Fsp3) is 0.188. The van der Waals surface area contributed by atoms with Gasteiger partial charge in [-0.1, -0.05) is 58.5 Å². The molecule has 2 aromatic carbocycles. The molecule has 0 aromatic heterocycles. The van der Waals surface area contributed by atoms with Gasteiger partial charge in [0, 0.05) is 28.7 Å². The summed E-state index contributed by atoms with van der Waals surface area (Å²) in [6, 6.07) is 12.9. The number of rotatable bonds is 5. The van der Waals surface area contributed by atoms with Gasteiger partial charge in [-0.3, -0.25) is 4.90 Å². The van der Waals surface area contributed by atoms with E-state index in [-0.39, 0.29) is 10.8 Å². The van der Waals surface area contributed by atoms with Crippen molar-refractivity contribution in [1.82, 2.24) is 4.90 Å². The Bertz CT molecular complexity index is 660. The summed E-state index contributed by atoms with van der Waals surface area (Å²) in [5.41, 5.74) is 7.85. The SMILES string of the molecule is CN(Cc1ccc(C(N)=S)cc1F)Cc1ccccc1Br. The third kappa shape index (κ3) is 4.33. The van der Waals surface area contributed by atoms with Gasteiger partial charge in [-0.2, -0.15) is 0 Å². The molecule has 0 aliphatic rings. The first kappa shape index (κ1) is 16.1. The van der Waals surface area contributed by atoms with Crippen LogP contribution >= 0.6 is 28.1 Å². The van der Waals surface area contributed by atoms with E-state index in [4.69, 9.17) is 18.0 Å². The lowest BCUT2D eigenvalue weighted by Gasteiger charge is -2.18. The smallest absolute Gasteiger partial charge is 0.128 e. The molecule has 0 heterocycles. The second-order valence-corrected chi connectivity index (χ2v) is 6.23. The van der Waals surface area contributed by atoms with Gasteiger partial charge in [0.25, 0.3) is 0 Å². The summed E-state index contributed by atoms with van der Waals surface area (Å²) in [5, 5.41) is 0. The molecule has 2 N–H and O–H groups in total. The summed E-state index contributed by atoms with van der Waals surface area (Å²) in [4.78, 5) is 2.26. The molecule has 0 unspecified atom stereocenters. The maximum atomic E-state index is 14.0. The Morgan fingerprint density at radius 3 is 2.48 bits per heavy atom. The minimum Gasteiger partial charge on any atom is -0.389 e. The standard InChI is InChI=1S/C16H16BrFN2S/c1-20(9-12-4-2-3-5-14(12)17)10-13-7-6-11(16(19)21)8-15(13)18/h2-8H,9-10H2,1H3,(H2,19,21). The van der Waals surface area contributed by atoms with Crippen LogP contribution in [0.15, 0.2) is 46.9 Å². The molecule has 21 heavy (non-hydrogen) atoms. The van der Waals surface area contributed by atoms with Crippen LogP contribution in [0.5, 0.6) is 0 Å². The third-order valence-electron chi connectivity index (χ3n) is 3.18. The summed E-state index contributed by atoms with van der Waals surface area (Å²) in [6.07, 6.45) is 0. The van der Waals surface area contributed by atoms with Crippen LogP contribution in [-0.4, -0.2) is 16.9 Å². The lowest BCUT2D eigenvalue weighted by atomic mass is 10.1. The fourth-order valence-electron chi connectivity index (χ4n) is 2.09. The van der Waals surface area contributed by atoms with E-state index >= 15 is 0 Å². The van der Waals surface area contributed by atoms with Gasteiger partial charge in [0.1, 0.15) is 10.8 Å². The van der Waals surface area contributed by atoms with Crippen molar-refractivity contribution in [3.05, 3.63) is 69.4 Å². The molecule has 0 fully saturated rings. The van der Waals surface area contributed by atoms with E-state index in [0.29, 0.717) is 17.7 Å². The van der Waals surface area contributed by atoms with Crippen molar-refractivity contribution < 1.29 is 4.39 Å². The monoisotopic (exact) mass is 366 g/mol. The van der Waals surface area contributed by atoms with Crippen LogP contribution in [0.4, 0.5) is 4.39 Å². The van der Waals surface area contributed by atoms with Gasteiger partial charge in [-0.25, -0.2) is 4.39 Å². The van der Waals surface area contributed by atoms with Crippen molar-refractivity contribution >= 4 is 33.1 Å². The summed E-state index contributed by atoms with van der Waals surface area (Å²) in [7, 11) is 1.96. The molecule has 5 heteroatoms. The second kappa shape index (κ2) is 7.11. The van der Waals surface area contributed by atoms with Crippen LogP contribution in [-0.2, 0) is 13.1 Å². The Kier molecular flexibility index (Phi) is 5.45. The first-order valence-electron chi connectivity index (χ1n) is 6.47. The van der Waals surface area contributed by atoms with Crippen LogP contribution in [0, 0.1) is 5.82 Å². The first-order valence-corrected chi connectivity index (χ1v) is 7.67. The first-order chi connectivity index (χ1) is 9.97. The van der Waals surface area contributed by atoms with Crippen LogP contribution in [0.1, 0.15) is 16.7 Å². The maximum Gasteiger partial charge on any atom is 0.128 e. The molecule has 0 aliphatic heterocycles. The summed E-state index contributed by atoms with van der Waals surface area (Å²) in [5.74, 6) is -0.278. The van der Waals surface area contributed by atoms with Gasteiger partial charge in [-0.15, -0.1) is 0 Å². The van der Waals surface area contributed by atoms with Crippen molar-refractivity contribution in [3.63, 3.8) is 0 Å². The third-order valence-corrected chi connectivity index (χ3v) is 4.19. The quantitative estimate of drug-likeness (QED) is 0.814. The molecule has 0 amide bonds. The Hall–Kier alpha value is -1.30. The highest BCUT2D eigenvalue weighted by Gasteiger charge is 2.09. The zero-order chi connectivity index (χ0) is 15.4. The highest BCUT2D eigenvalue weighted by atomic mass is 79.9. The van der Waals surface area contributed by atoms with Crippen molar-refractivity contribution in [3.8, 4) is 0 Å². The Morgan fingerprint density at radius 2 is 1.86 bits per heavy atom. The molecule has 2 aromatic rings. The topological polar surface area (TPSA) is 29.3 Å². The second-order valence-electron chi connectivity index (χ2n) is 4.93. The molecule has 0 saturated heterocycles. The van der Waals surface area contributed by atoms with Gasteiger partial charge in [0.05, 0.1) is 0 Å². The zero-order valence-corrected chi connectivity index (χ0v) is 14.0. The summed E-state index contributed by atoms with van der Waals surface area (Å²) < 4.78 is 15.1. The number of benzene rings is 2. The summed E-state index contributed by atoms with van der Waals surface area (Å²) in [6.45, 7) is 1.25. The molecular formula is C16H16BrFN2S. The van der Waals surface area contributed by atoms with Gasteiger partial charge in [0.15, 0.2) is 0 Å². The molecule has 0 atom stereocenters. The van der Waals surface area contributed by atoms with Crippen LogP contribution in [0.2, 0.25) is 0 Å². The predicted molar refractivity (Wildman–Crippen MR) is 91.6 cm³/mol. The molecule has 0 saturated carbocycles. The number of hydrogen-bond donors (Lipinski definition) is 1. The molecule has 0 bridgehead atoms. The van der Waals surface area contributed by atoms with E-state index < -0.39 is 0 Å². The number of nitrogens with two attached hydrogens (primary N) is 1. The van der Waals surface area contributed by atoms with E-state index in [1.54, 1.807) is 12.1 Å². The Balaban J connectivity index is 2.08. The molecule has 2 rings (SSSR count). The van der Waals surface area contributed by atoms with Crippen LogP contribution in [0.25, 0.3) is 0 Å². The Labute approximate surface area is 137 Å². The highest BCUT2D eigenvalue weighted by molar-refractivity contribution is 9.10. The minimum absolute atomic E-state index is 0.210. The van der Waals surface area contributed by atoms with Crippen molar-refractivity contribution in [2.75, 3.05) is 7.05 Å². The molecule has 0 spiro atoms. The minimum atomic E-state index is -0.278. The van der Waals surface area contributed by atoms with Gasteiger partial charge >= 0.3 is 0 Å². The number of hydrogen-bond acceptors (Lipinski definition) is 2. The lowest BCUT2D eigenvalue weighted by molar-refractivity contribution is 0.313. The average Bonchev–Trinajstić information content (AvgIpc) is 2.43. The van der Waals surface area contributed by atoms with Gasteiger partial charge in [-0.05, 0) is 24.7 Å². The van der Waals surface area contributed by atoms with E-state index in [2.05, 4.69) is 20.8 Å². The summed E-state index contributed by atoms with van der Waals surface area (Å²) >= 11 is 8.37. The van der Waals surface area contributed by atoms with Gasteiger partial charge < -0.3 is 5.73 Å². The van der Waals surface area contributed by atoms with Crippen LogP contribution < -0.4 is 5.73 Å². The number of nitrogens with zero attached hydrogens (tertiary/aromatic N) is 1. The number of halogens is 2. The predicted octanol–water partition coefficient (Wildman–Crippen LogP) is 3.85. The van der Waals surface area contributed by atoms with E-state index in [9.17, 15) is 4.39 Å². The molecule has 0 aliphatic carbocycles. The van der Waals surface area contributed by atoms with E-state index in [1.807, 2.05) is 31.3 Å². The van der Waals surface area contributed by atoms with Crippen molar-refractivity contribution in [1.29, 1.82) is 0 Å². The maximum absolute atomic E-state index is 14.0. The highest BCUT2D eigenvalue weighted by Crippen LogP contribution is 2.19. The van der Waals surface area contributed by atoms with Gasteiger partial charge in [0.2, 0.25) is 0 Å². The van der Waals surface area contributed by atoms with E-state index in [0.717, 1.165) is 11.0 Å². The lowest BCUT2D eigenvalue weighted by Crippen LogP contribution is -2.18. The van der Waals surface area contributed by atoms with Crippen molar-refractivity contribution in [2.45, 2.75) is 13.1 Å². The molecule has 0 radical (unpaired) electrons. The molecule has 2 nitrogen and oxygen atoms in total. The molecular weight excluding hydrogens is 351 g/mol. The van der Waals surface area contributed by atoms with Crippen molar-refractivity contribution in [2.24, 2.45) is 5.73 Å². The van der Waals surface area contributed by atoms with E-state index in [1.165, 1.54) is 11.6 Å². The average molecular weight is 367 g/mol. The van der Waals surface area contributed by atoms with Crippen LogP contribution in [0.3, 0.4) is 0 Å². The largest absolute Gasteiger partial charge is 0.389 e. The Morgan fingerprint density at radius 1 is 1.19 bits per heavy atom.